The van der Waals surface area contributed by atoms with Crippen LogP contribution in [0.1, 0.15) is 19.3 Å². The van der Waals surface area contributed by atoms with Crippen LogP contribution < -0.4 is 4.74 Å². The summed E-state index contributed by atoms with van der Waals surface area (Å²) < 4.78 is 11.1. The van der Waals surface area contributed by atoms with Crippen LogP contribution in [0.15, 0.2) is 30.3 Å². The topological polar surface area (TPSA) is 18.5 Å². The monoisotopic (exact) mass is 178 g/mol. The molecular formula is C11H14O2. The zero-order chi connectivity index (χ0) is 8.93. The first-order valence-corrected chi connectivity index (χ1v) is 4.78. The molecule has 0 aliphatic carbocycles. The molecule has 0 amide bonds. The van der Waals surface area contributed by atoms with Gasteiger partial charge in [-0.2, -0.15) is 0 Å². The van der Waals surface area contributed by atoms with E-state index in [2.05, 4.69) is 0 Å². The first-order valence-electron chi connectivity index (χ1n) is 4.78. The Morgan fingerprint density at radius 2 is 2.00 bits per heavy atom. The van der Waals surface area contributed by atoms with Crippen molar-refractivity contribution in [2.24, 2.45) is 0 Å². The summed E-state index contributed by atoms with van der Waals surface area (Å²) in [5.74, 6) is 0.898. The van der Waals surface area contributed by atoms with Crippen LogP contribution >= 0.6 is 0 Å². The van der Waals surface area contributed by atoms with E-state index in [0.717, 1.165) is 25.2 Å². The van der Waals surface area contributed by atoms with Crippen molar-refractivity contribution in [1.29, 1.82) is 0 Å². The average molecular weight is 178 g/mol. The van der Waals surface area contributed by atoms with Gasteiger partial charge in [0.2, 0.25) is 0 Å². The molecular weight excluding hydrogens is 164 g/mol. The Hall–Kier alpha value is -1.02. The Labute approximate surface area is 78.5 Å². The second kappa shape index (κ2) is 4.28. The standard InChI is InChI=1S/C11H14O2/c1-2-6-10(7-3-1)13-11-8-4-5-9-12-11/h1-3,6-7,11H,4-5,8-9H2/t11-/m0/s1. The van der Waals surface area contributed by atoms with Crippen LogP contribution in [0.25, 0.3) is 0 Å². The average Bonchev–Trinajstić information content (AvgIpc) is 2.21. The fourth-order valence-corrected chi connectivity index (χ4v) is 1.45. The summed E-state index contributed by atoms with van der Waals surface area (Å²) >= 11 is 0. The fraction of sp³-hybridized carbons (Fsp3) is 0.455. The van der Waals surface area contributed by atoms with Crippen LogP contribution in [0.4, 0.5) is 0 Å². The molecule has 2 nitrogen and oxygen atoms in total. The van der Waals surface area contributed by atoms with Crippen molar-refractivity contribution >= 4 is 0 Å². The summed E-state index contributed by atoms with van der Waals surface area (Å²) in [4.78, 5) is 0. The van der Waals surface area contributed by atoms with E-state index in [1.807, 2.05) is 30.3 Å². The molecule has 2 rings (SSSR count). The minimum absolute atomic E-state index is 0.0313. The quantitative estimate of drug-likeness (QED) is 0.693. The second-order valence-corrected chi connectivity index (χ2v) is 3.23. The SMILES string of the molecule is c1ccc(O[C@H]2CCCCO2)cc1. The lowest BCUT2D eigenvalue weighted by Gasteiger charge is -2.23. The third-order valence-corrected chi connectivity index (χ3v) is 2.15. The molecule has 13 heavy (non-hydrogen) atoms. The van der Waals surface area contributed by atoms with Crippen molar-refractivity contribution in [2.45, 2.75) is 25.6 Å². The molecule has 0 radical (unpaired) electrons. The number of hydrogen-bond donors (Lipinski definition) is 0. The van der Waals surface area contributed by atoms with Crippen molar-refractivity contribution in [1.82, 2.24) is 0 Å². The molecule has 1 fully saturated rings. The second-order valence-electron chi connectivity index (χ2n) is 3.23. The number of para-hydroxylation sites is 1. The van der Waals surface area contributed by atoms with E-state index in [9.17, 15) is 0 Å². The normalized spacial score (nSPS) is 22.6. The fourth-order valence-electron chi connectivity index (χ4n) is 1.45. The highest BCUT2D eigenvalue weighted by molar-refractivity contribution is 5.21. The zero-order valence-electron chi connectivity index (χ0n) is 7.61. The van der Waals surface area contributed by atoms with Crippen molar-refractivity contribution in [3.63, 3.8) is 0 Å². The molecule has 0 aromatic heterocycles. The lowest BCUT2D eigenvalue weighted by atomic mass is 10.2. The van der Waals surface area contributed by atoms with Gasteiger partial charge < -0.3 is 9.47 Å². The van der Waals surface area contributed by atoms with Gasteiger partial charge in [-0.1, -0.05) is 18.2 Å². The van der Waals surface area contributed by atoms with Gasteiger partial charge >= 0.3 is 0 Å². The highest BCUT2D eigenvalue weighted by Crippen LogP contribution is 2.18. The number of ether oxygens (including phenoxy) is 2. The maximum absolute atomic E-state index is 5.63. The molecule has 1 aromatic carbocycles. The van der Waals surface area contributed by atoms with Crippen molar-refractivity contribution < 1.29 is 9.47 Å². The van der Waals surface area contributed by atoms with Gasteiger partial charge in [-0.3, -0.25) is 0 Å². The molecule has 0 saturated carbocycles. The van der Waals surface area contributed by atoms with E-state index in [0.29, 0.717) is 0 Å². The Morgan fingerprint density at radius 1 is 1.15 bits per heavy atom. The number of hydrogen-bond acceptors (Lipinski definition) is 2. The Kier molecular flexibility index (Phi) is 2.82. The Morgan fingerprint density at radius 3 is 2.69 bits per heavy atom. The largest absolute Gasteiger partial charge is 0.465 e. The van der Waals surface area contributed by atoms with E-state index < -0.39 is 0 Å². The van der Waals surface area contributed by atoms with Crippen molar-refractivity contribution in [3.8, 4) is 5.75 Å². The van der Waals surface area contributed by atoms with Gasteiger partial charge in [0.25, 0.3) is 0 Å². The third-order valence-electron chi connectivity index (χ3n) is 2.15. The van der Waals surface area contributed by atoms with E-state index in [-0.39, 0.29) is 6.29 Å². The van der Waals surface area contributed by atoms with Crippen LogP contribution in [0.3, 0.4) is 0 Å². The van der Waals surface area contributed by atoms with Gasteiger partial charge in [-0.05, 0) is 25.0 Å². The maximum Gasteiger partial charge on any atom is 0.199 e. The minimum atomic E-state index is -0.0313. The van der Waals surface area contributed by atoms with Crippen LogP contribution in [0, 0.1) is 0 Å². The zero-order valence-corrected chi connectivity index (χ0v) is 7.61. The smallest absolute Gasteiger partial charge is 0.199 e. The van der Waals surface area contributed by atoms with Crippen molar-refractivity contribution in [3.05, 3.63) is 30.3 Å². The highest BCUT2D eigenvalue weighted by Gasteiger charge is 2.14. The predicted molar refractivity (Wildman–Crippen MR) is 50.7 cm³/mol. The molecule has 70 valence electrons. The van der Waals surface area contributed by atoms with E-state index >= 15 is 0 Å². The van der Waals surface area contributed by atoms with Gasteiger partial charge in [-0.15, -0.1) is 0 Å². The molecule has 1 aliphatic heterocycles. The van der Waals surface area contributed by atoms with Crippen LogP contribution in [0.2, 0.25) is 0 Å². The summed E-state index contributed by atoms with van der Waals surface area (Å²) in [5, 5.41) is 0. The van der Waals surface area contributed by atoms with E-state index in [1.165, 1.54) is 6.42 Å². The molecule has 2 heteroatoms. The first-order chi connectivity index (χ1) is 6.45. The molecule has 1 atom stereocenters. The first kappa shape index (κ1) is 8.57. The summed E-state index contributed by atoms with van der Waals surface area (Å²) in [6.07, 6.45) is 3.34. The van der Waals surface area contributed by atoms with Gasteiger partial charge in [0.05, 0.1) is 6.61 Å². The molecule has 1 heterocycles. The summed E-state index contributed by atoms with van der Waals surface area (Å²) in [6, 6.07) is 9.83. The number of benzene rings is 1. The predicted octanol–water partition coefficient (Wildman–Crippen LogP) is 2.59. The Bertz CT molecular complexity index is 240. The lowest BCUT2D eigenvalue weighted by Crippen LogP contribution is -2.24. The van der Waals surface area contributed by atoms with Gasteiger partial charge in [-0.25, -0.2) is 0 Å². The van der Waals surface area contributed by atoms with E-state index in [4.69, 9.17) is 9.47 Å². The molecule has 1 aromatic rings. The molecule has 1 saturated heterocycles. The summed E-state index contributed by atoms with van der Waals surface area (Å²) in [7, 11) is 0. The molecule has 1 aliphatic rings. The van der Waals surface area contributed by atoms with Gasteiger partial charge in [0, 0.05) is 6.42 Å². The van der Waals surface area contributed by atoms with Crippen LogP contribution in [-0.2, 0) is 4.74 Å². The molecule has 0 unspecified atom stereocenters. The van der Waals surface area contributed by atoms with Crippen LogP contribution in [0.5, 0.6) is 5.75 Å². The third kappa shape index (κ3) is 2.46. The van der Waals surface area contributed by atoms with E-state index in [1.54, 1.807) is 0 Å². The van der Waals surface area contributed by atoms with Gasteiger partial charge in [0.1, 0.15) is 5.75 Å². The molecule has 0 bridgehead atoms. The Balaban J connectivity index is 1.90. The van der Waals surface area contributed by atoms with Crippen LogP contribution in [-0.4, -0.2) is 12.9 Å². The molecule has 0 spiro atoms. The highest BCUT2D eigenvalue weighted by atomic mass is 16.7. The van der Waals surface area contributed by atoms with Gasteiger partial charge in [0.15, 0.2) is 6.29 Å². The lowest BCUT2D eigenvalue weighted by molar-refractivity contribution is -0.105. The maximum atomic E-state index is 5.63. The number of rotatable bonds is 2. The minimum Gasteiger partial charge on any atom is -0.465 e. The van der Waals surface area contributed by atoms with Crippen molar-refractivity contribution in [2.75, 3.05) is 6.61 Å². The summed E-state index contributed by atoms with van der Waals surface area (Å²) in [6.45, 7) is 0.831. The molecule has 0 N–H and O–H groups in total. The summed E-state index contributed by atoms with van der Waals surface area (Å²) in [5.41, 5.74) is 0.